The zero-order valence-corrected chi connectivity index (χ0v) is 19.2. The van der Waals surface area contributed by atoms with E-state index in [1.807, 2.05) is 19.9 Å². The number of amides is 3. The van der Waals surface area contributed by atoms with Gasteiger partial charge in [0.2, 0.25) is 0 Å². The third-order valence-electron chi connectivity index (χ3n) is 5.60. The van der Waals surface area contributed by atoms with E-state index < -0.39 is 0 Å². The summed E-state index contributed by atoms with van der Waals surface area (Å²) < 4.78 is 15.8. The van der Waals surface area contributed by atoms with Crippen LogP contribution in [-0.4, -0.2) is 50.7 Å². The number of pyridine rings is 1. The summed E-state index contributed by atoms with van der Waals surface area (Å²) in [7, 11) is 1.79. The third-order valence-corrected chi connectivity index (χ3v) is 5.60. The second-order valence-electron chi connectivity index (χ2n) is 8.51. The van der Waals surface area contributed by atoms with Gasteiger partial charge in [-0.05, 0) is 62.2 Å². The Bertz CT molecular complexity index is 1210. The van der Waals surface area contributed by atoms with Gasteiger partial charge in [-0.3, -0.25) is 14.4 Å². The minimum absolute atomic E-state index is 0.0790. The van der Waals surface area contributed by atoms with Crippen molar-refractivity contribution in [3.05, 3.63) is 65.5 Å². The SMILES string of the molecule is Cc1cc(N2CCN(C(C)C)C2=O)cc(C(=O)NCc2cc(F)cc(-c3cnn(C)c3)c2)n1. The van der Waals surface area contributed by atoms with Crippen molar-refractivity contribution >= 4 is 17.6 Å². The highest BCUT2D eigenvalue weighted by atomic mass is 19.1. The monoisotopic (exact) mass is 450 g/mol. The summed E-state index contributed by atoms with van der Waals surface area (Å²) in [4.78, 5) is 33.4. The van der Waals surface area contributed by atoms with Gasteiger partial charge in [0.05, 0.1) is 6.20 Å². The molecule has 1 aliphatic heterocycles. The van der Waals surface area contributed by atoms with Crippen molar-refractivity contribution in [3.8, 4) is 11.1 Å². The Labute approximate surface area is 192 Å². The van der Waals surface area contributed by atoms with Crippen molar-refractivity contribution < 1.29 is 14.0 Å². The average Bonchev–Trinajstić information content (AvgIpc) is 3.37. The zero-order valence-electron chi connectivity index (χ0n) is 19.2. The van der Waals surface area contributed by atoms with Crippen LogP contribution in [-0.2, 0) is 13.6 Å². The summed E-state index contributed by atoms with van der Waals surface area (Å²) in [6, 6.07) is 8.09. The molecule has 1 fully saturated rings. The average molecular weight is 451 g/mol. The van der Waals surface area contributed by atoms with Crippen LogP contribution in [0.1, 0.15) is 35.6 Å². The Morgan fingerprint density at radius 2 is 1.94 bits per heavy atom. The van der Waals surface area contributed by atoms with E-state index in [9.17, 15) is 14.0 Å². The summed E-state index contributed by atoms with van der Waals surface area (Å²) in [6.45, 7) is 7.07. The Kier molecular flexibility index (Phi) is 6.13. The van der Waals surface area contributed by atoms with E-state index in [0.29, 0.717) is 35.6 Å². The van der Waals surface area contributed by atoms with Crippen LogP contribution >= 0.6 is 0 Å². The molecular weight excluding hydrogens is 423 g/mol. The topological polar surface area (TPSA) is 83.4 Å². The van der Waals surface area contributed by atoms with Crippen LogP contribution in [0.25, 0.3) is 11.1 Å². The van der Waals surface area contributed by atoms with Gasteiger partial charge in [-0.25, -0.2) is 14.2 Å². The molecule has 8 nitrogen and oxygen atoms in total. The highest BCUT2D eigenvalue weighted by Crippen LogP contribution is 2.24. The minimum Gasteiger partial charge on any atom is -0.347 e. The molecule has 0 spiro atoms. The molecule has 0 radical (unpaired) electrons. The Balaban J connectivity index is 1.50. The number of hydrogen-bond donors (Lipinski definition) is 1. The lowest BCUT2D eigenvalue weighted by atomic mass is 10.1. The van der Waals surface area contributed by atoms with E-state index in [4.69, 9.17) is 0 Å². The molecule has 1 aliphatic rings. The minimum atomic E-state index is -0.390. The van der Waals surface area contributed by atoms with Gasteiger partial charge < -0.3 is 10.2 Å². The Morgan fingerprint density at radius 1 is 1.15 bits per heavy atom. The first-order valence-electron chi connectivity index (χ1n) is 10.8. The number of carbonyl (C=O) groups excluding carboxylic acids is 2. The molecule has 3 aromatic rings. The van der Waals surface area contributed by atoms with Crippen molar-refractivity contribution in [1.29, 1.82) is 0 Å². The van der Waals surface area contributed by atoms with Crippen LogP contribution in [0, 0.1) is 12.7 Å². The van der Waals surface area contributed by atoms with Gasteiger partial charge in [-0.2, -0.15) is 5.10 Å². The lowest BCUT2D eigenvalue weighted by Crippen LogP contribution is -2.36. The summed E-state index contributed by atoms with van der Waals surface area (Å²) >= 11 is 0. The number of nitrogens with one attached hydrogen (secondary N) is 1. The fraction of sp³-hybridized carbons (Fsp3) is 0.333. The standard InChI is InChI=1S/C24H27FN6O2/c1-15(2)30-5-6-31(24(30)33)21-7-16(3)28-22(11-21)23(32)26-12-17-8-18(10-20(25)9-17)19-13-27-29(4)14-19/h7-11,13-15H,5-6,12H2,1-4H3,(H,26,32). The molecule has 3 amide bonds. The smallest absolute Gasteiger partial charge is 0.324 e. The first kappa shape index (κ1) is 22.4. The molecule has 1 N–H and O–H groups in total. The number of aromatic nitrogens is 3. The number of rotatable bonds is 6. The summed E-state index contributed by atoms with van der Waals surface area (Å²) in [6.07, 6.45) is 3.46. The van der Waals surface area contributed by atoms with Crippen molar-refractivity contribution in [1.82, 2.24) is 25.0 Å². The maximum Gasteiger partial charge on any atom is 0.324 e. The van der Waals surface area contributed by atoms with Crippen molar-refractivity contribution in [2.75, 3.05) is 18.0 Å². The number of hydrogen-bond acceptors (Lipinski definition) is 4. The van der Waals surface area contributed by atoms with E-state index >= 15 is 0 Å². The molecule has 9 heteroatoms. The highest BCUT2D eigenvalue weighted by Gasteiger charge is 2.31. The van der Waals surface area contributed by atoms with Crippen LogP contribution in [0.15, 0.2) is 42.7 Å². The quantitative estimate of drug-likeness (QED) is 0.623. The van der Waals surface area contributed by atoms with Gasteiger partial charge in [0.15, 0.2) is 0 Å². The van der Waals surface area contributed by atoms with Gasteiger partial charge >= 0.3 is 6.03 Å². The molecule has 33 heavy (non-hydrogen) atoms. The number of benzene rings is 1. The third kappa shape index (κ3) is 4.87. The van der Waals surface area contributed by atoms with Gasteiger partial charge in [0, 0.05) is 55.9 Å². The first-order chi connectivity index (χ1) is 15.7. The van der Waals surface area contributed by atoms with E-state index in [1.54, 1.807) is 53.0 Å². The zero-order chi connectivity index (χ0) is 23.7. The molecule has 0 unspecified atom stereocenters. The highest BCUT2D eigenvalue weighted by molar-refractivity contribution is 5.97. The predicted molar refractivity (Wildman–Crippen MR) is 123 cm³/mol. The van der Waals surface area contributed by atoms with Gasteiger partial charge in [-0.1, -0.05) is 0 Å². The molecule has 2 aromatic heterocycles. The van der Waals surface area contributed by atoms with Crippen molar-refractivity contribution in [2.24, 2.45) is 7.05 Å². The number of anilines is 1. The van der Waals surface area contributed by atoms with Gasteiger partial charge in [0.25, 0.3) is 5.91 Å². The maximum atomic E-state index is 14.2. The normalized spacial score (nSPS) is 13.8. The van der Waals surface area contributed by atoms with Crippen LogP contribution in [0.4, 0.5) is 14.9 Å². The predicted octanol–water partition coefficient (Wildman–Crippen LogP) is 3.51. The molecule has 0 atom stereocenters. The van der Waals surface area contributed by atoms with Crippen LogP contribution in [0.5, 0.6) is 0 Å². The largest absolute Gasteiger partial charge is 0.347 e. The molecule has 1 aromatic carbocycles. The number of urea groups is 1. The van der Waals surface area contributed by atoms with E-state index in [1.165, 1.54) is 12.1 Å². The number of halogens is 1. The molecule has 1 saturated heterocycles. The second kappa shape index (κ2) is 9.01. The molecular formula is C24H27FN6O2. The van der Waals surface area contributed by atoms with Gasteiger partial charge in [-0.15, -0.1) is 0 Å². The van der Waals surface area contributed by atoms with Crippen LogP contribution in [0.3, 0.4) is 0 Å². The van der Waals surface area contributed by atoms with E-state index in [0.717, 1.165) is 5.56 Å². The number of aryl methyl sites for hydroxylation is 2. The van der Waals surface area contributed by atoms with E-state index in [-0.39, 0.29) is 36.0 Å². The molecule has 0 saturated carbocycles. The maximum absolute atomic E-state index is 14.2. The first-order valence-corrected chi connectivity index (χ1v) is 10.8. The van der Waals surface area contributed by atoms with Crippen LogP contribution < -0.4 is 10.2 Å². The van der Waals surface area contributed by atoms with Crippen LogP contribution in [0.2, 0.25) is 0 Å². The van der Waals surface area contributed by atoms with E-state index in [2.05, 4.69) is 15.4 Å². The fourth-order valence-electron chi connectivity index (χ4n) is 3.96. The molecule has 4 rings (SSSR count). The molecule has 0 aliphatic carbocycles. The van der Waals surface area contributed by atoms with Crippen molar-refractivity contribution in [3.63, 3.8) is 0 Å². The Morgan fingerprint density at radius 3 is 2.61 bits per heavy atom. The number of nitrogens with zero attached hydrogens (tertiary/aromatic N) is 5. The summed E-state index contributed by atoms with van der Waals surface area (Å²) in [5.74, 6) is -0.779. The van der Waals surface area contributed by atoms with Gasteiger partial charge in [0.1, 0.15) is 11.5 Å². The Hall–Kier alpha value is -3.75. The molecule has 3 heterocycles. The fourth-order valence-corrected chi connectivity index (χ4v) is 3.96. The number of carbonyl (C=O) groups is 2. The molecule has 172 valence electrons. The summed E-state index contributed by atoms with van der Waals surface area (Å²) in [5.41, 5.74) is 3.59. The summed E-state index contributed by atoms with van der Waals surface area (Å²) in [5, 5.41) is 6.93. The van der Waals surface area contributed by atoms with Crippen molar-refractivity contribution in [2.45, 2.75) is 33.4 Å². The molecule has 0 bridgehead atoms. The lowest BCUT2D eigenvalue weighted by molar-refractivity contribution is 0.0945. The lowest BCUT2D eigenvalue weighted by Gasteiger charge is -2.22. The second-order valence-corrected chi connectivity index (χ2v) is 8.51.